The third-order valence-electron chi connectivity index (χ3n) is 4.77. The van der Waals surface area contributed by atoms with E-state index < -0.39 is 17.5 Å². The zero-order chi connectivity index (χ0) is 19.2. The molecule has 1 aliphatic heterocycles. The maximum atomic E-state index is 12.8. The van der Waals surface area contributed by atoms with Crippen molar-refractivity contribution < 1.29 is 18.4 Å². The van der Waals surface area contributed by atoms with Gasteiger partial charge in [0.15, 0.2) is 5.54 Å². The summed E-state index contributed by atoms with van der Waals surface area (Å²) in [7, 11) is 0. The Morgan fingerprint density at radius 1 is 1.19 bits per heavy atom. The Balaban J connectivity index is 1.57. The van der Waals surface area contributed by atoms with E-state index >= 15 is 0 Å². The van der Waals surface area contributed by atoms with Crippen LogP contribution in [0.2, 0.25) is 0 Å². The fourth-order valence-corrected chi connectivity index (χ4v) is 3.29. The molecule has 1 N–H and O–H groups in total. The molecule has 0 aliphatic carbocycles. The molecule has 1 fully saturated rings. The van der Waals surface area contributed by atoms with Gasteiger partial charge in [0.1, 0.15) is 12.0 Å². The number of imide groups is 1. The van der Waals surface area contributed by atoms with Crippen molar-refractivity contribution in [3.8, 4) is 11.5 Å². The number of furan rings is 1. The minimum Gasteiger partial charge on any atom is -0.466 e. The first-order chi connectivity index (χ1) is 12.9. The number of aryl methyl sites for hydroxylation is 2. The molecule has 3 amide bonds. The Morgan fingerprint density at radius 3 is 2.70 bits per heavy atom. The van der Waals surface area contributed by atoms with Gasteiger partial charge in [0, 0.05) is 5.56 Å². The fraction of sp³-hybridized carbons (Fsp3) is 0.250. The third-order valence-corrected chi connectivity index (χ3v) is 4.77. The van der Waals surface area contributed by atoms with Gasteiger partial charge in [0.05, 0.1) is 18.5 Å². The van der Waals surface area contributed by atoms with Crippen molar-refractivity contribution in [1.82, 2.24) is 15.2 Å². The van der Waals surface area contributed by atoms with Gasteiger partial charge in [-0.05, 0) is 44.5 Å². The van der Waals surface area contributed by atoms with Crippen LogP contribution in [-0.4, -0.2) is 21.8 Å². The number of urea groups is 1. The number of nitrogens with zero attached hydrogens (tertiary/aromatic N) is 2. The Bertz CT molecular complexity index is 1020. The van der Waals surface area contributed by atoms with Gasteiger partial charge < -0.3 is 14.2 Å². The molecular weight excluding hydrogens is 346 g/mol. The standard InChI is InChI=1S/C20H19N3O4/c1-12-6-7-15(13(2)9-12)17-21-14(11-27-17)10-23-18(24)20(3,22-19(23)25)16-5-4-8-26-16/h4-9,11H,10H2,1-3H3,(H,22,25)/t20-/m1/s1. The van der Waals surface area contributed by atoms with Gasteiger partial charge in [-0.2, -0.15) is 0 Å². The number of hydrogen-bond acceptors (Lipinski definition) is 5. The number of aromatic nitrogens is 1. The first kappa shape index (κ1) is 17.1. The normalized spacial score (nSPS) is 19.6. The van der Waals surface area contributed by atoms with Crippen molar-refractivity contribution in [2.75, 3.05) is 0 Å². The molecule has 1 aliphatic rings. The first-order valence-corrected chi connectivity index (χ1v) is 8.58. The predicted octanol–water partition coefficient (Wildman–Crippen LogP) is 3.52. The van der Waals surface area contributed by atoms with Crippen LogP contribution in [-0.2, 0) is 16.9 Å². The highest BCUT2D eigenvalue weighted by Gasteiger charge is 2.51. The molecule has 1 saturated heterocycles. The van der Waals surface area contributed by atoms with Gasteiger partial charge in [-0.25, -0.2) is 9.78 Å². The smallest absolute Gasteiger partial charge is 0.325 e. The van der Waals surface area contributed by atoms with Gasteiger partial charge in [-0.3, -0.25) is 9.69 Å². The number of carbonyl (C=O) groups excluding carboxylic acids is 2. The number of oxazole rings is 1. The van der Waals surface area contributed by atoms with Crippen LogP contribution in [0.15, 0.2) is 51.7 Å². The Morgan fingerprint density at radius 2 is 2.00 bits per heavy atom. The molecule has 0 saturated carbocycles. The summed E-state index contributed by atoms with van der Waals surface area (Å²) in [6, 6.07) is 8.83. The van der Waals surface area contributed by atoms with E-state index in [1.807, 2.05) is 32.0 Å². The maximum Gasteiger partial charge on any atom is 0.325 e. The average molecular weight is 365 g/mol. The highest BCUT2D eigenvalue weighted by molar-refractivity contribution is 6.06. The van der Waals surface area contributed by atoms with Crippen LogP contribution in [0.25, 0.3) is 11.5 Å². The van der Waals surface area contributed by atoms with Gasteiger partial charge in [-0.15, -0.1) is 0 Å². The molecule has 1 aromatic carbocycles. The van der Waals surface area contributed by atoms with Gasteiger partial charge in [0.2, 0.25) is 5.89 Å². The lowest BCUT2D eigenvalue weighted by atomic mass is 9.99. The highest BCUT2D eigenvalue weighted by atomic mass is 16.3. The molecule has 1 atom stereocenters. The molecule has 7 heteroatoms. The lowest BCUT2D eigenvalue weighted by Gasteiger charge is -2.18. The summed E-state index contributed by atoms with van der Waals surface area (Å²) in [6.45, 7) is 5.65. The molecule has 138 valence electrons. The number of benzene rings is 1. The van der Waals surface area contributed by atoms with Crippen LogP contribution in [0, 0.1) is 13.8 Å². The summed E-state index contributed by atoms with van der Waals surface area (Å²) >= 11 is 0. The number of rotatable bonds is 4. The molecule has 2 aromatic heterocycles. The monoisotopic (exact) mass is 365 g/mol. The fourth-order valence-electron chi connectivity index (χ4n) is 3.29. The van der Waals surface area contributed by atoms with Crippen LogP contribution in [0.4, 0.5) is 4.79 Å². The second-order valence-corrected chi connectivity index (χ2v) is 6.89. The summed E-state index contributed by atoms with van der Waals surface area (Å²) in [5, 5.41) is 2.69. The van der Waals surface area contributed by atoms with Gasteiger partial charge in [0.25, 0.3) is 5.91 Å². The Kier molecular flexibility index (Phi) is 3.87. The van der Waals surface area contributed by atoms with E-state index in [2.05, 4.69) is 10.3 Å². The lowest BCUT2D eigenvalue weighted by molar-refractivity contribution is -0.132. The van der Waals surface area contributed by atoms with Crippen LogP contribution in [0.1, 0.15) is 29.5 Å². The molecule has 4 rings (SSSR count). The molecule has 0 unspecified atom stereocenters. The average Bonchev–Trinajstić information content (AvgIpc) is 3.34. The molecule has 0 spiro atoms. The van der Waals surface area contributed by atoms with E-state index in [-0.39, 0.29) is 6.54 Å². The van der Waals surface area contributed by atoms with Crippen molar-refractivity contribution in [2.24, 2.45) is 0 Å². The van der Waals surface area contributed by atoms with E-state index in [9.17, 15) is 9.59 Å². The van der Waals surface area contributed by atoms with E-state index in [0.717, 1.165) is 21.6 Å². The number of nitrogens with one attached hydrogen (secondary N) is 1. The largest absolute Gasteiger partial charge is 0.466 e. The topological polar surface area (TPSA) is 88.6 Å². The van der Waals surface area contributed by atoms with Crippen molar-refractivity contribution >= 4 is 11.9 Å². The van der Waals surface area contributed by atoms with E-state index in [0.29, 0.717) is 17.3 Å². The SMILES string of the molecule is Cc1ccc(-c2nc(CN3C(=O)N[C@](C)(c4ccco4)C3=O)co2)c(C)c1. The van der Waals surface area contributed by atoms with Gasteiger partial charge in [-0.1, -0.05) is 17.7 Å². The molecule has 3 heterocycles. The van der Waals surface area contributed by atoms with Crippen LogP contribution < -0.4 is 5.32 Å². The van der Waals surface area contributed by atoms with Crippen LogP contribution in [0.3, 0.4) is 0 Å². The van der Waals surface area contributed by atoms with Gasteiger partial charge >= 0.3 is 6.03 Å². The predicted molar refractivity (Wildman–Crippen MR) is 96.6 cm³/mol. The molecule has 0 radical (unpaired) electrons. The summed E-state index contributed by atoms with van der Waals surface area (Å²) in [4.78, 5) is 30.8. The van der Waals surface area contributed by atoms with Crippen molar-refractivity contribution in [3.05, 3.63) is 65.4 Å². The summed E-state index contributed by atoms with van der Waals surface area (Å²) in [6.07, 6.45) is 2.94. The molecule has 27 heavy (non-hydrogen) atoms. The summed E-state index contributed by atoms with van der Waals surface area (Å²) in [5.41, 5.74) is 2.35. The maximum absolute atomic E-state index is 12.8. The third kappa shape index (κ3) is 2.81. The number of hydrogen-bond donors (Lipinski definition) is 1. The Hall–Kier alpha value is -3.35. The Labute approximate surface area is 156 Å². The molecule has 0 bridgehead atoms. The van der Waals surface area contributed by atoms with Crippen molar-refractivity contribution in [3.63, 3.8) is 0 Å². The van der Waals surface area contributed by atoms with Crippen molar-refractivity contribution in [2.45, 2.75) is 32.9 Å². The highest BCUT2D eigenvalue weighted by Crippen LogP contribution is 2.30. The number of carbonyl (C=O) groups is 2. The molecule has 3 aromatic rings. The zero-order valence-electron chi connectivity index (χ0n) is 15.3. The molecular formula is C20H19N3O4. The summed E-state index contributed by atoms with van der Waals surface area (Å²) < 4.78 is 10.9. The second-order valence-electron chi connectivity index (χ2n) is 6.89. The minimum absolute atomic E-state index is 0.0232. The lowest BCUT2D eigenvalue weighted by Crippen LogP contribution is -2.40. The number of amides is 3. The quantitative estimate of drug-likeness (QED) is 0.715. The zero-order valence-corrected chi connectivity index (χ0v) is 15.3. The minimum atomic E-state index is -1.22. The second kappa shape index (κ2) is 6.12. The van der Waals surface area contributed by atoms with Crippen LogP contribution in [0.5, 0.6) is 0 Å². The summed E-state index contributed by atoms with van der Waals surface area (Å²) in [5.74, 6) is 0.460. The molecule has 7 nitrogen and oxygen atoms in total. The first-order valence-electron chi connectivity index (χ1n) is 8.58. The van der Waals surface area contributed by atoms with Crippen LogP contribution >= 0.6 is 0 Å². The van der Waals surface area contributed by atoms with Crippen molar-refractivity contribution in [1.29, 1.82) is 0 Å². The van der Waals surface area contributed by atoms with E-state index in [1.54, 1.807) is 19.1 Å². The van der Waals surface area contributed by atoms with E-state index in [4.69, 9.17) is 8.83 Å². The van der Waals surface area contributed by atoms with E-state index in [1.165, 1.54) is 12.5 Å².